The molecular formula is C10H12BrN3O3S2. The summed E-state index contributed by atoms with van der Waals surface area (Å²) in [6, 6.07) is 1.51. The number of aromatic nitrogens is 1. The second-order valence-corrected chi connectivity index (χ2v) is 7.29. The number of pyridine rings is 1. The first-order valence-corrected chi connectivity index (χ1v) is 8.07. The number of halogens is 1. The van der Waals surface area contributed by atoms with Gasteiger partial charge in [-0.05, 0) is 22.0 Å². The highest BCUT2D eigenvalue weighted by molar-refractivity contribution is 9.10. The second-order valence-electron chi connectivity index (χ2n) is 3.96. The molecule has 1 aromatic rings. The van der Waals surface area contributed by atoms with Crippen molar-refractivity contribution in [3.05, 3.63) is 22.9 Å². The molecule has 1 saturated heterocycles. The van der Waals surface area contributed by atoms with Crippen molar-refractivity contribution >= 4 is 43.2 Å². The fourth-order valence-corrected chi connectivity index (χ4v) is 3.77. The number of morpholine rings is 1. The van der Waals surface area contributed by atoms with Gasteiger partial charge in [0.25, 0.3) is 0 Å². The third-order valence-electron chi connectivity index (χ3n) is 2.66. The summed E-state index contributed by atoms with van der Waals surface area (Å²) < 4.78 is 32.1. The number of sulfonamides is 1. The van der Waals surface area contributed by atoms with Gasteiger partial charge < -0.3 is 10.5 Å². The molecule has 0 aliphatic carbocycles. The molecular weight excluding hydrogens is 354 g/mol. The van der Waals surface area contributed by atoms with Crippen molar-refractivity contribution in [1.82, 2.24) is 9.29 Å². The number of thiocarbonyl (C=S) groups is 1. The van der Waals surface area contributed by atoms with Crippen molar-refractivity contribution in [2.75, 3.05) is 19.7 Å². The summed E-state index contributed by atoms with van der Waals surface area (Å²) in [6.45, 7) is 0.667. The Balaban J connectivity index is 2.27. The summed E-state index contributed by atoms with van der Waals surface area (Å²) >= 11 is 8.04. The van der Waals surface area contributed by atoms with Gasteiger partial charge in [-0.15, -0.1) is 0 Å². The first-order chi connectivity index (χ1) is 8.91. The summed E-state index contributed by atoms with van der Waals surface area (Å²) in [5.74, 6) is 0. The molecule has 19 heavy (non-hydrogen) atoms. The monoisotopic (exact) mass is 365 g/mol. The summed E-state index contributed by atoms with van der Waals surface area (Å²) in [5.41, 5.74) is 5.50. The van der Waals surface area contributed by atoms with E-state index in [0.717, 1.165) is 0 Å². The Morgan fingerprint density at radius 2 is 2.32 bits per heavy atom. The molecule has 1 fully saturated rings. The van der Waals surface area contributed by atoms with Gasteiger partial charge in [0.1, 0.15) is 16.0 Å². The molecule has 0 amide bonds. The maximum atomic E-state index is 12.4. The van der Waals surface area contributed by atoms with Crippen LogP contribution in [-0.4, -0.2) is 48.5 Å². The van der Waals surface area contributed by atoms with Crippen LogP contribution >= 0.6 is 28.1 Å². The molecule has 2 rings (SSSR count). The standard InChI is InChI=1S/C10H12BrN3O3S2/c11-7-3-8(5-13-4-7)19(15,16)14-1-2-17-9(6-14)10(12)18/h3-5,9H,1-2,6H2,(H2,12,18). The second kappa shape index (κ2) is 5.80. The van der Waals surface area contributed by atoms with Gasteiger partial charge in [-0.1, -0.05) is 12.2 Å². The van der Waals surface area contributed by atoms with Crippen LogP contribution in [0.25, 0.3) is 0 Å². The minimum absolute atomic E-state index is 0.129. The van der Waals surface area contributed by atoms with Crippen molar-refractivity contribution in [3.63, 3.8) is 0 Å². The normalized spacial score (nSPS) is 21.2. The number of ether oxygens (including phenoxy) is 1. The molecule has 2 heterocycles. The predicted octanol–water partition coefficient (Wildman–Crippen LogP) is 0.520. The van der Waals surface area contributed by atoms with Gasteiger partial charge >= 0.3 is 0 Å². The fourth-order valence-electron chi connectivity index (χ4n) is 1.70. The topological polar surface area (TPSA) is 85.5 Å². The van der Waals surface area contributed by atoms with Crippen molar-refractivity contribution in [2.45, 2.75) is 11.0 Å². The van der Waals surface area contributed by atoms with Crippen LogP contribution in [0.5, 0.6) is 0 Å². The molecule has 0 spiro atoms. The molecule has 1 aliphatic rings. The van der Waals surface area contributed by atoms with E-state index in [4.69, 9.17) is 22.7 Å². The first-order valence-electron chi connectivity index (χ1n) is 5.43. The summed E-state index contributed by atoms with van der Waals surface area (Å²) in [5, 5.41) is 0. The largest absolute Gasteiger partial charge is 0.391 e. The van der Waals surface area contributed by atoms with E-state index < -0.39 is 16.1 Å². The fraction of sp³-hybridized carbons (Fsp3) is 0.400. The average Bonchev–Trinajstić information content (AvgIpc) is 2.39. The zero-order valence-electron chi connectivity index (χ0n) is 9.82. The van der Waals surface area contributed by atoms with Crippen LogP contribution in [0.3, 0.4) is 0 Å². The highest BCUT2D eigenvalue weighted by atomic mass is 79.9. The van der Waals surface area contributed by atoms with E-state index in [1.807, 2.05) is 0 Å². The maximum absolute atomic E-state index is 12.4. The molecule has 0 radical (unpaired) electrons. The van der Waals surface area contributed by atoms with Crippen LogP contribution in [0.2, 0.25) is 0 Å². The summed E-state index contributed by atoms with van der Waals surface area (Å²) in [6.07, 6.45) is 2.29. The Kier molecular flexibility index (Phi) is 4.51. The van der Waals surface area contributed by atoms with Crippen LogP contribution in [0.1, 0.15) is 0 Å². The molecule has 0 bridgehead atoms. The van der Waals surface area contributed by atoms with Crippen molar-refractivity contribution in [2.24, 2.45) is 5.73 Å². The van der Waals surface area contributed by atoms with E-state index in [-0.39, 0.29) is 29.6 Å². The molecule has 0 saturated carbocycles. The Morgan fingerprint density at radius 1 is 1.58 bits per heavy atom. The van der Waals surface area contributed by atoms with Gasteiger partial charge in [0.2, 0.25) is 10.0 Å². The smallest absolute Gasteiger partial charge is 0.244 e. The van der Waals surface area contributed by atoms with Gasteiger partial charge in [0, 0.05) is 30.0 Å². The molecule has 9 heteroatoms. The lowest BCUT2D eigenvalue weighted by molar-refractivity contribution is 0.0386. The number of hydrogen-bond acceptors (Lipinski definition) is 5. The number of nitrogens with zero attached hydrogens (tertiary/aromatic N) is 2. The lowest BCUT2D eigenvalue weighted by Crippen LogP contribution is -2.49. The highest BCUT2D eigenvalue weighted by Gasteiger charge is 2.32. The Hall–Kier alpha value is -0.610. The van der Waals surface area contributed by atoms with Gasteiger partial charge in [0.05, 0.1) is 6.61 Å². The SMILES string of the molecule is NC(=S)C1CN(S(=O)(=O)c2cncc(Br)c2)CCO1. The van der Waals surface area contributed by atoms with Gasteiger partial charge in [-0.2, -0.15) is 4.31 Å². The molecule has 2 N–H and O–H groups in total. The van der Waals surface area contributed by atoms with E-state index in [1.54, 1.807) is 0 Å². The number of hydrogen-bond donors (Lipinski definition) is 1. The zero-order valence-corrected chi connectivity index (χ0v) is 13.0. The van der Waals surface area contributed by atoms with Crippen LogP contribution < -0.4 is 5.73 Å². The summed E-state index contributed by atoms with van der Waals surface area (Å²) in [4.78, 5) is 4.15. The Morgan fingerprint density at radius 3 is 2.95 bits per heavy atom. The van der Waals surface area contributed by atoms with E-state index in [1.165, 1.54) is 22.8 Å². The minimum atomic E-state index is -3.61. The lowest BCUT2D eigenvalue weighted by atomic mass is 10.3. The molecule has 1 aromatic heterocycles. The molecule has 104 valence electrons. The molecule has 0 aromatic carbocycles. The molecule has 1 aliphatic heterocycles. The third-order valence-corrected chi connectivity index (χ3v) is 5.19. The van der Waals surface area contributed by atoms with Crippen LogP contribution in [0.15, 0.2) is 27.8 Å². The number of nitrogens with two attached hydrogens (primary N) is 1. The van der Waals surface area contributed by atoms with Crippen molar-refractivity contribution in [3.8, 4) is 0 Å². The van der Waals surface area contributed by atoms with E-state index >= 15 is 0 Å². The Bertz CT molecular complexity index is 593. The van der Waals surface area contributed by atoms with Gasteiger partial charge in [-0.25, -0.2) is 8.42 Å². The average molecular weight is 366 g/mol. The lowest BCUT2D eigenvalue weighted by Gasteiger charge is -2.31. The third kappa shape index (κ3) is 3.29. The molecule has 1 atom stereocenters. The summed E-state index contributed by atoms with van der Waals surface area (Å²) in [7, 11) is -3.61. The highest BCUT2D eigenvalue weighted by Crippen LogP contribution is 2.20. The van der Waals surface area contributed by atoms with E-state index in [2.05, 4.69) is 20.9 Å². The number of rotatable bonds is 3. The zero-order chi connectivity index (χ0) is 14.0. The molecule has 6 nitrogen and oxygen atoms in total. The van der Waals surface area contributed by atoms with E-state index in [9.17, 15) is 8.42 Å². The van der Waals surface area contributed by atoms with Gasteiger partial charge in [0.15, 0.2) is 0 Å². The minimum Gasteiger partial charge on any atom is -0.391 e. The van der Waals surface area contributed by atoms with Crippen LogP contribution in [-0.2, 0) is 14.8 Å². The van der Waals surface area contributed by atoms with Gasteiger partial charge in [-0.3, -0.25) is 4.98 Å². The van der Waals surface area contributed by atoms with Crippen LogP contribution in [0.4, 0.5) is 0 Å². The van der Waals surface area contributed by atoms with Crippen molar-refractivity contribution < 1.29 is 13.2 Å². The predicted molar refractivity (Wildman–Crippen MR) is 77.2 cm³/mol. The molecule has 1 unspecified atom stereocenters. The Labute approximate surface area is 125 Å². The van der Waals surface area contributed by atoms with Crippen molar-refractivity contribution in [1.29, 1.82) is 0 Å². The van der Waals surface area contributed by atoms with E-state index in [0.29, 0.717) is 4.47 Å². The maximum Gasteiger partial charge on any atom is 0.244 e. The van der Waals surface area contributed by atoms with Crippen LogP contribution in [0, 0.1) is 0 Å². The first kappa shape index (κ1) is 14.8. The quantitative estimate of drug-likeness (QED) is 0.785.